The number of hydrogen-bond acceptors (Lipinski definition) is 3. The molecule has 0 spiro atoms. The van der Waals surface area contributed by atoms with Gasteiger partial charge in [-0.2, -0.15) is 0 Å². The maximum absolute atomic E-state index is 12.6. The molecule has 1 saturated carbocycles. The van der Waals surface area contributed by atoms with Gasteiger partial charge in [0.15, 0.2) is 0 Å². The molecule has 0 saturated heterocycles. The Morgan fingerprint density at radius 2 is 1.67 bits per heavy atom. The molecule has 0 aromatic heterocycles. The van der Waals surface area contributed by atoms with E-state index in [4.69, 9.17) is 4.74 Å². The predicted molar refractivity (Wildman–Crippen MR) is 97.8 cm³/mol. The van der Waals surface area contributed by atoms with Crippen LogP contribution in [0, 0.1) is 0 Å². The highest BCUT2D eigenvalue weighted by Gasteiger charge is 2.49. The minimum atomic E-state index is -3.56. The molecule has 0 radical (unpaired) electrons. The minimum Gasteiger partial charge on any atom is -0.497 e. The predicted octanol–water partition coefficient (Wildman–Crippen LogP) is 3.86. The van der Waals surface area contributed by atoms with Crippen molar-refractivity contribution >= 4 is 26.0 Å². The van der Waals surface area contributed by atoms with E-state index in [9.17, 15) is 8.42 Å². The second kappa shape index (κ2) is 6.50. The first-order valence-electron chi connectivity index (χ1n) is 7.80. The Morgan fingerprint density at radius 1 is 1.08 bits per heavy atom. The SMILES string of the molecule is COc1ccc(S(=O)(=O)NC(C)C2(c3ccc(Br)cc3)CC2)cc1. The second-order valence-electron chi connectivity index (χ2n) is 6.18. The van der Waals surface area contributed by atoms with Crippen molar-refractivity contribution in [3.63, 3.8) is 0 Å². The molecule has 0 amide bonds. The molecule has 1 fully saturated rings. The van der Waals surface area contributed by atoms with Crippen molar-refractivity contribution < 1.29 is 13.2 Å². The smallest absolute Gasteiger partial charge is 0.240 e. The monoisotopic (exact) mass is 409 g/mol. The van der Waals surface area contributed by atoms with Crippen molar-refractivity contribution in [2.24, 2.45) is 0 Å². The molecular formula is C18H20BrNO3S. The van der Waals surface area contributed by atoms with Gasteiger partial charge in [0.2, 0.25) is 10.0 Å². The largest absolute Gasteiger partial charge is 0.497 e. The van der Waals surface area contributed by atoms with E-state index in [0.29, 0.717) is 5.75 Å². The molecule has 1 aliphatic rings. The van der Waals surface area contributed by atoms with Crippen molar-refractivity contribution in [3.05, 3.63) is 58.6 Å². The molecule has 3 rings (SSSR count). The van der Waals surface area contributed by atoms with E-state index in [1.165, 1.54) is 5.56 Å². The van der Waals surface area contributed by atoms with Gasteiger partial charge in [-0.05, 0) is 61.7 Å². The van der Waals surface area contributed by atoms with Crippen LogP contribution in [-0.4, -0.2) is 21.6 Å². The van der Waals surface area contributed by atoms with Gasteiger partial charge < -0.3 is 4.74 Å². The van der Waals surface area contributed by atoms with Crippen LogP contribution in [0.15, 0.2) is 57.9 Å². The summed E-state index contributed by atoms with van der Waals surface area (Å²) in [5.41, 5.74) is 1.07. The van der Waals surface area contributed by atoms with E-state index in [2.05, 4.69) is 32.8 Å². The summed E-state index contributed by atoms with van der Waals surface area (Å²) in [5, 5.41) is 0. The topological polar surface area (TPSA) is 55.4 Å². The zero-order chi connectivity index (χ0) is 17.4. The third-order valence-electron chi connectivity index (χ3n) is 4.74. The fourth-order valence-corrected chi connectivity index (χ4v) is 4.64. The normalized spacial score (nSPS) is 17.3. The average molecular weight is 410 g/mol. The summed E-state index contributed by atoms with van der Waals surface area (Å²) in [6.45, 7) is 1.94. The molecule has 128 valence electrons. The number of methoxy groups -OCH3 is 1. The maximum Gasteiger partial charge on any atom is 0.240 e. The molecule has 0 aliphatic heterocycles. The Labute approximate surface area is 151 Å². The van der Waals surface area contributed by atoms with E-state index in [-0.39, 0.29) is 16.4 Å². The first-order valence-corrected chi connectivity index (χ1v) is 10.1. The van der Waals surface area contributed by atoms with Gasteiger partial charge in [0.1, 0.15) is 5.75 Å². The van der Waals surface area contributed by atoms with Crippen LogP contribution >= 0.6 is 15.9 Å². The third kappa shape index (κ3) is 3.36. The Bertz CT molecular complexity index is 812. The molecule has 2 aromatic carbocycles. The molecule has 6 heteroatoms. The summed E-state index contributed by atoms with van der Waals surface area (Å²) in [5.74, 6) is 0.635. The van der Waals surface area contributed by atoms with Crippen molar-refractivity contribution in [3.8, 4) is 5.75 Å². The standard InChI is InChI=1S/C18H20BrNO3S/c1-13(18(11-12-18)14-3-5-15(19)6-4-14)20-24(21,22)17-9-7-16(23-2)8-10-17/h3-10,13,20H,11-12H2,1-2H3. The third-order valence-corrected chi connectivity index (χ3v) is 6.82. The maximum atomic E-state index is 12.6. The number of ether oxygens (including phenoxy) is 1. The summed E-state index contributed by atoms with van der Waals surface area (Å²) in [4.78, 5) is 0.252. The number of rotatable bonds is 6. The highest BCUT2D eigenvalue weighted by atomic mass is 79.9. The lowest BCUT2D eigenvalue weighted by Gasteiger charge is -2.25. The Hall–Kier alpha value is -1.37. The lowest BCUT2D eigenvalue weighted by atomic mass is 9.90. The zero-order valence-corrected chi connectivity index (χ0v) is 16.0. The highest BCUT2D eigenvalue weighted by molar-refractivity contribution is 9.10. The quantitative estimate of drug-likeness (QED) is 0.787. The summed E-state index contributed by atoms with van der Waals surface area (Å²) < 4.78 is 34.2. The molecule has 1 aliphatic carbocycles. The van der Waals surface area contributed by atoms with E-state index >= 15 is 0 Å². The minimum absolute atomic E-state index is 0.111. The van der Waals surface area contributed by atoms with Crippen molar-refractivity contribution in [1.82, 2.24) is 4.72 Å². The van der Waals surface area contributed by atoms with Gasteiger partial charge in [-0.25, -0.2) is 13.1 Å². The number of nitrogens with one attached hydrogen (secondary N) is 1. The molecule has 24 heavy (non-hydrogen) atoms. The van der Waals surface area contributed by atoms with Crippen LogP contribution in [0.25, 0.3) is 0 Å². The van der Waals surface area contributed by atoms with Gasteiger partial charge in [-0.1, -0.05) is 28.1 Å². The number of sulfonamides is 1. The van der Waals surface area contributed by atoms with Crippen LogP contribution in [0.3, 0.4) is 0 Å². The van der Waals surface area contributed by atoms with E-state index < -0.39 is 10.0 Å². The van der Waals surface area contributed by atoms with Crippen LogP contribution in [0.1, 0.15) is 25.3 Å². The first-order chi connectivity index (χ1) is 11.4. The van der Waals surface area contributed by atoms with Crippen molar-refractivity contribution in [1.29, 1.82) is 0 Å². The van der Waals surface area contributed by atoms with Crippen molar-refractivity contribution in [2.45, 2.75) is 36.1 Å². The second-order valence-corrected chi connectivity index (χ2v) is 8.81. The number of hydrogen-bond donors (Lipinski definition) is 1. The molecule has 1 atom stereocenters. The van der Waals surface area contributed by atoms with Gasteiger partial charge in [0.25, 0.3) is 0 Å². The van der Waals surface area contributed by atoms with Crippen LogP contribution in [-0.2, 0) is 15.4 Å². The average Bonchev–Trinajstić information content (AvgIpc) is 3.37. The van der Waals surface area contributed by atoms with Gasteiger partial charge in [-0.15, -0.1) is 0 Å². The summed E-state index contributed by atoms with van der Waals surface area (Å²) >= 11 is 3.44. The Kier molecular flexibility index (Phi) is 4.73. The van der Waals surface area contributed by atoms with Crippen LogP contribution < -0.4 is 9.46 Å². The molecule has 4 nitrogen and oxygen atoms in total. The van der Waals surface area contributed by atoms with Gasteiger partial charge in [-0.3, -0.25) is 0 Å². The molecule has 0 bridgehead atoms. The Morgan fingerprint density at radius 3 is 2.17 bits per heavy atom. The number of halogens is 1. The highest BCUT2D eigenvalue weighted by Crippen LogP contribution is 2.51. The van der Waals surface area contributed by atoms with Gasteiger partial charge in [0, 0.05) is 15.9 Å². The molecule has 1 unspecified atom stereocenters. The summed E-state index contributed by atoms with van der Waals surface area (Å²) in [6.07, 6.45) is 1.97. The molecule has 2 aromatic rings. The molecular weight excluding hydrogens is 390 g/mol. The van der Waals surface area contributed by atoms with E-state index in [0.717, 1.165) is 17.3 Å². The van der Waals surface area contributed by atoms with E-state index in [1.807, 2.05) is 19.1 Å². The fourth-order valence-electron chi connectivity index (χ4n) is 3.06. The zero-order valence-electron chi connectivity index (χ0n) is 13.6. The lowest BCUT2D eigenvalue weighted by molar-refractivity contribution is 0.414. The fraction of sp³-hybridized carbons (Fsp3) is 0.333. The van der Waals surface area contributed by atoms with Crippen LogP contribution in [0.2, 0.25) is 0 Å². The lowest BCUT2D eigenvalue weighted by Crippen LogP contribution is -2.41. The Balaban J connectivity index is 1.80. The van der Waals surface area contributed by atoms with Crippen molar-refractivity contribution in [2.75, 3.05) is 7.11 Å². The summed E-state index contributed by atoms with van der Waals surface area (Å²) in [6, 6.07) is 14.4. The van der Waals surface area contributed by atoms with Crippen LogP contribution in [0.4, 0.5) is 0 Å². The first kappa shape index (κ1) is 17.5. The van der Waals surface area contributed by atoms with Gasteiger partial charge in [0.05, 0.1) is 12.0 Å². The molecule has 1 N–H and O–H groups in total. The van der Waals surface area contributed by atoms with E-state index in [1.54, 1.807) is 31.4 Å². The number of benzene rings is 2. The summed E-state index contributed by atoms with van der Waals surface area (Å²) in [7, 11) is -2.00. The van der Waals surface area contributed by atoms with Gasteiger partial charge >= 0.3 is 0 Å². The van der Waals surface area contributed by atoms with Crippen LogP contribution in [0.5, 0.6) is 5.75 Å². The molecule has 0 heterocycles.